The average molecular weight is 358 g/mol. The fourth-order valence-corrected chi connectivity index (χ4v) is 4.06. The summed E-state index contributed by atoms with van der Waals surface area (Å²) in [4.78, 5) is 14.8. The van der Waals surface area contributed by atoms with Gasteiger partial charge in [0.1, 0.15) is 0 Å². The maximum Gasteiger partial charge on any atom is 0.253 e. The standard InChI is InChI=1S/C19H22N2O3S/c1-25(23,24)17-9-5-8-15(10-17)19(22)21-12-16(11-20)18(13-21)14-6-3-2-4-7-14/h2-10,16,18H,11-13,20H2,1H3/t16-,18+/m1/s1. The van der Waals surface area contributed by atoms with Crippen LogP contribution in [0.25, 0.3) is 0 Å². The zero-order chi connectivity index (χ0) is 18.0. The first-order valence-electron chi connectivity index (χ1n) is 8.24. The molecule has 0 saturated carbocycles. The molecule has 2 aromatic rings. The molecule has 2 atom stereocenters. The van der Waals surface area contributed by atoms with Crippen molar-refractivity contribution in [3.63, 3.8) is 0 Å². The predicted molar refractivity (Wildman–Crippen MR) is 97.2 cm³/mol. The van der Waals surface area contributed by atoms with Gasteiger partial charge in [0.25, 0.3) is 5.91 Å². The predicted octanol–water partition coefficient (Wildman–Crippen LogP) is 1.90. The second kappa shape index (κ2) is 6.98. The Morgan fingerprint density at radius 3 is 2.48 bits per heavy atom. The number of rotatable bonds is 4. The van der Waals surface area contributed by atoms with Gasteiger partial charge in [-0.15, -0.1) is 0 Å². The highest BCUT2D eigenvalue weighted by Crippen LogP contribution is 2.32. The van der Waals surface area contributed by atoms with E-state index in [2.05, 4.69) is 12.1 Å². The van der Waals surface area contributed by atoms with Gasteiger partial charge in [-0.1, -0.05) is 36.4 Å². The molecule has 1 aliphatic rings. The molecule has 0 unspecified atom stereocenters. The molecular formula is C19H22N2O3S. The van der Waals surface area contributed by atoms with Crippen molar-refractivity contribution in [1.82, 2.24) is 4.90 Å². The number of carbonyl (C=O) groups is 1. The van der Waals surface area contributed by atoms with Crippen molar-refractivity contribution in [1.29, 1.82) is 0 Å². The summed E-state index contributed by atoms with van der Waals surface area (Å²) in [6, 6.07) is 16.3. The van der Waals surface area contributed by atoms with Crippen LogP contribution >= 0.6 is 0 Å². The van der Waals surface area contributed by atoms with Gasteiger partial charge in [0.2, 0.25) is 0 Å². The first-order chi connectivity index (χ1) is 11.9. The summed E-state index contributed by atoms with van der Waals surface area (Å²) in [7, 11) is -3.34. The van der Waals surface area contributed by atoms with Crippen molar-refractivity contribution >= 4 is 15.7 Å². The highest BCUT2D eigenvalue weighted by Gasteiger charge is 2.35. The molecule has 3 rings (SSSR count). The van der Waals surface area contributed by atoms with Crippen molar-refractivity contribution in [3.05, 3.63) is 65.7 Å². The Kier molecular flexibility index (Phi) is 4.92. The third kappa shape index (κ3) is 3.75. The second-order valence-corrected chi connectivity index (χ2v) is 8.54. The Balaban J connectivity index is 1.84. The van der Waals surface area contributed by atoms with E-state index in [0.29, 0.717) is 25.2 Å². The van der Waals surface area contributed by atoms with Crippen molar-refractivity contribution in [2.75, 3.05) is 25.9 Å². The van der Waals surface area contributed by atoms with Crippen LogP contribution in [0.3, 0.4) is 0 Å². The summed E-state index contributed by atoms with van der Waals surface area (Å²) < 4.78 is 23.4. The first-order valence-corrected chi connectivity index (χ1v) is 10.1. The molecule has 0 bridgehead atoms. The first kappa shape index (κ1) is 17.6. The molecule has 1 heterocycles. The minimum atomic E-state index is -3.34. The molecule has 132 valence electrons. The second-order valence-electron chi connectivity index (χ2n) is 6.52. The third-order valence-corrected chi connectivity index (χ3v) is 5.88. The van der Waals surface area contributed by atoms with Crippen LogP contribution in [0.15, 0.2) is 59.5 Å². The molecule has 1 aliphatic heterocycles. The Hall–Kier alpha value is -2.18. The lowest BCUT2D eigenvalue weighted by Crippen LogP contribution is -2.30. The molecule has 1 saturated heterocycles. The minimum Gasteiger partial charge on any atom is -0.338 e. The summed E-state index contributed by atoms with van der Waals surface area (Å²) in [5, 5.41) is 0. The molecule has 2 aromatic carbocycles. The van der Waals surface area contributed by atoms with Crippen LogP contribution in [0.5, 0.6) is 0 Å². The van der Waals surface area contributed by atoms with Crippen molar-refractivity contribution < 1.29 is 13.2 Å². The number of hydrogen-bond donors (Lipinski definition) is 1. The highest BCUT2D eigenvalue weighted by molar-refractivity contribution is 7.90. The van der Waals surface area contributed by atoms with E-state index in [4.69, 9.17) is 5.73 Å². The number of likely N-dealkylation sites (tertiary alicyclic amines) is 1. The monoisotopic (exact) mass is 358 g/mol. The molecule has 2 N–H and O–H groups in total. The normalized spacial score (nSPS) is 20.6. The van der Waals surface area contributed by atoms with Crippen LogP contribution in [-0.2, 0) is 9.84 Å². The number of nitrogens with two attached hydrogens (primary N) is 1. The SMILES string of the molecule is CS(=O)(=O)c1cccc(C(=O)N2C[C@@H](CN)[C@H](c3ccccc3)C2)c1. The van der Waals surface area contributed by atoms with Crippen molar-refractivity contribution in [2.45, 2.75) is 10.8 Å². The van der Waals surface area contributed by atoms with Gasteiger partial charge in [-0.2, -0.15) is 0 Å². The van der Waals surface area contributed by atoms with E-state index in [-0.39, 0.29) is 22.6 Å². The fourth-order valence-electron chi connectivity index (χ4n) is 3.40. The van der Waals surface area contributed by atoms with E-state index in [1.165, 1.54) is 17.7 Å². The molecule has 0 aliphatic carbocycles. The molecular weight excluding hydrogens is 336 g/mol. The van der Waals surface area contributed by atoms with Crippen LogP contribution in [-0.4, -0.2) is 45.1 Å². The minimum absolute atomic E-state index is 0.151. The molecule has 6 heteroatoms. The summed E-state index contributed by atoms with van der Waals surface area (Å²) in [5.41, 5.74) is 7.50. The number of benzene rings is 2. The Morgan fingerprint density at radius 2 is 1.84 bits per heavy atom. The van der Waals surface area contributed by atoms with Crippen LogP contribution in [0, 0.1) is 5.92 Å². The lowest BCUT2D eigenvalue weighted by atomic mass is 9.89. The van der Waals surface area contributed by atoms with Gasteiger partial charge in [-0.3, -0.25) is 4.79 Å². The van der Waals surface area contributed by atoms with Gasteiger partial charge >= 0.3 is 0 Å². The van der Waals surface area contributed by atoms with Crippen LogP contribution < -0.4 is 5.73 Å². The summed E-state index contributed by atoms with van der Waals surface area (Å²) in [5.74, 6) is 0.250. The highest BCUT2D eigenvalue weighted by atomic mass is 32.2. The van der Waals surface area contributed by atoms with Gasteiger partial charge in [0.05, 0.1) is 4.90 Å². The molecule has 0 aromatic heterocycles. The Morgan fingerprint density at radius 1 is 1.12 bits per heavy atom. The summed E-state index contributed by atoms with van der Waals surface area (Å²) in [6.07, 6.45) is 1.14. The topological polar surface area (TPSA) is 80.5 Å². The molecule has 25 heavy (non-hydrogen) atoms. The number of hydrogen-bond acceptors (Lipinski definition) is 4. The Bertz CT molecular complexity index is 865. The average Bonchev–Trinajstić information content (AvgIpc) is 3.05. The molecule has 0 radical (unpaired) electrons. The lowest BCUT2D eigenvalue weighted by Gasteiger charge is -2.17. The van der Waals surface area contributed by atoms with Gasteiger partial charge in [0, 0.05) is 30.8 Å². The van der Waals surface area contributed by atoms with Crippen LogP contribution in [0.2, 0.25) is 0 Å². The summed E-state index contributed by atoms with van der Waals surface area (Å²) in [6.45, 7) is 1.68. The Labute approximate surface area is 148 Å². The quantitative estimate of drug-likeness (QED) is 0.905. The van der Waals surface area contributed by atoms with Gasteiger partial charge in [-0.25, -0.2) is 8.42 Å². The largest absolute Gasteiger partial charge is 0.338 e. The summed E-state index contributed by atoms with van der Waals surface area (Å²) >= 11 is 0. The van der Waals surface area contributed by atoms with E-state index in [1.54, 1.807) is 17.0 Å². The number of carbonyl (C=O) groups excluding carboxylic acids is 1. The van der Waals surface area contributed by atoms with Gasteiger partial charge in [-0.05, 0) is 36.2 Å². The molecule has 0 spiro atoms. The number of sulfone groups is 1. The van der Waals surface area contributed by atoms with Gasteiger partial charge in [0.15, 0.2) is 9.84 Å². The zero-order valence-corrected chi connectivity index (χ0v) is 14.9. The smallest absolute Gasteiger partial charge is 0.253 e. The van der Waals surface area contributed by atoms with E-state index >= 15 is 0 Å². The third-order valence-electron chi connectivity index (χ3n) is 4.77. The van der Waals surface area contributed by atoms with Crippen LogP contribution in [0.4, 0.5) is 0 Å². The van der Waals surface area contributed by atoms with Gasteiger partial charge < -0.3 is 10.6 Å². The van der Waals surface area contributed by atoms with E-state index in [9.17, 15) is 13.2 Å². The lowest BCUT2D eigenvalue weighted by molar-refractivity contribution is 0.0786. The fraction of sp³-hybridized carbons (Fsp3) is 0.316. The maximum atomic E-state index is 12.9. The molecule has 1 amide bonds. The van der Waals surface area contributed by atoms with Crippen LogP contribution in [0.1, 0.15) is 21.8 Å². The van der Waals surface area contributed by atoms with Crippen molar-refractivity contribution in [3.8, 4) is 0 Å². The van der Waals surface area contributed by atoms with E-state index in [0.717, 1.165) is 6.26 Å². The van der Waals surface area contributed by atoms with E-state index < -0.39 is 9.84 Å². The number of nitrogens with zero attached hydrogens (tertiary/aromatic N) is 1. The zero-order valence-electron chi connectivity index (χ0n) is 14.1. The van der Waals surface area contributed by atoms with E-state index in [1.807, 2.05) is 18.2 Å². The molecule has 5 nitrogen and oxygen atoms in total. The van der Waals surface area contributed by atoms with Crippen molar-refractivity contribution in [2.24, 2.45) is 11.7 Å². The number of amides is 1. The maximum absolute atomic E-state index is 12.9. The molecule has 1 fully saturated rings.